The van der Waals surface area contributed by atoms with E-state index in [2.05, 4.69) is 10.3 Å². The van der Waals surface area contributed by atoms with Crippen molar-refractivity contribution in [2.45, 2.75) is 44.0 Å². The van der Waals surface area contributed by atoms with Gasteiger partial charge in [0, 0.05) is 18.3 Å². The number of halogens is 3. The van der Waals surface area contributed by atoms with Gasteiger partial charge in [-0.25, -0.2) is 4.98 Å². The number of aromatic nitrogens is 1. The molecule has 8 nitrogen and oxygen atoms in total. The van der Waals surface area contributed by atoms with E-state index in [-0.39, 0.29) is 23.8 Å². The molecule has 1 amide bonds. The molecular weight excluding hydrogens is 383 g/mol. The molecule has 11 heteroatoms. The Labute approximate surface area is 156 Å². The van der Waals surface area contributed by atoms with Crippen molar-refractivity contribution in [3.8, 4) is 5.88 Å². The Morgan fingerprint density at radius 1 is 1.21 bits per heavy atom. The molecule has 1 aliphatic carbocycles. The first kappa shape index (κ1) is 19.6. The van der Waals surface area contributed by atoms with Gasteiger partial charge in [0.15, 0.2) is 5.76 Å². The SMILES string of the molecule is O=C(NC1CCC(Oc2ccc(C(F)(F)F)cn2)CC1)c1ccc([N+](=O)[O-])o1. The van der Waals surface area contributed by atoms with Crippen LogP contribution in [-0.2, 0) is 6.18 Å². The van der Waals surface area contributed by atoms with Crippen LogP contribution < -0.4 is 10.1 Å². The average Bonchev–Trinajstić information content (AvgIpc) is 3.14. The molecule has 0 bridgehead atoms. The van der Waals surface area contributed by atoms with Crippen molar-refractivity contribution in [1.82, 2.24) is 10.3 Å². The molecule has 0 atom stereocenters. The molecule has 1 aliphatic rings. The van der Waals surface area contributed by atoms with E-state index in [4.69, 9.17) is 9.15 Å². The Balaban J connectivity index is 1.47. The molecule has 2 aromatic heterocycles. The fourth-order valence-electron chi connectivity index (χ4n) is 2.92. The standard InChI is InChI=1S/C17H16F3N3O5/c18-17(19,20)10-1-7-14(21-9-10)27-12-4-2-11(3-5-12)22-16(24)13-6-8-15(28-13)23(25)26/h1,6-9,11-12H,2-5H2,(H,22,24). The van der Waals surface area contributed by atoms with Crippen LogP contribution in [0.2, 0.25) is 0 Å². The highest BCUT2D eigenvalue weighted by molar-refractivity contribution is 5.91. The lowest BCUT2D eigenvalue weighted by atomic mass is 9.93. The van der Waals surface area contributed by atoms with E-state index in [0.717, 1.165) is 18.3 Å². The van der Waals surface area contributed by atoms with Crippen LogP contribution in [0, 0.1) is 10.1 Å². The maximum Gasteiger partial charge on any atom is 0.433 e. The summed E-state index contributed by atoms with van der Waals surface area (Å²) < 4.78 is 48.1. The van der Waals surface area contributed by atoms with Gasteiger partial charge in [-0.2, -0.15) is 13.2 Å². The van der Waals surface area contributed by atoms with Gasteiger partial charge >= 0.3 is 12.1 Å². The normalized spacial score (nSPS) is 19.8. The van der Waals surface area contributed by atoms with Crippen LogP contribution in [0.5, 0.6) is 5.88 Å². The van der Waals surface area contributed by atoms with Gasteiger partial charge in [-0.1, -0.05) is 0 Å². The second-order valence-electron chi connectivity index (χ2n) is 6.34. The largest absolute Gasteiger partial charge is 0.474 e. The zero-order valence-electron chi connectivity index (χ0n) is 14.4. The molecule has 1 fully saturated rings. The summed E-state index contributed by atoms with van der Waals surface area (Å²) in [6.07, 6.45) is -1.63. The first-order valence-corrected chi connectivity index (χ1v) is 8.47. The highest BCUT2D eigenvalue weighted by Gasteiger charge is 2.31. The molecule has 2 heterocycles. The van der Waals surface area contributed by atoms with Crippen molar-refractivity contribution in [3.63, 3.8) is 0 Å². The number of hydrogen-bond acceptors (Lipinski definition) is 6. The van der Waals surface area contributed by atoms with Gasteiger partial charge in [-0.15, -0.1) is 0 Å². The minimum atomic E-state index is -4.45. The maximum atomic E-state index is 12.5. The van der Waals surface area contributed by atoms with Crippen molar-refractivity contribution in [1.29, 1.82) is 0 Å². The fraction of sp³-hybridized carbons (Fsp3) is 0.412. The van der Waals surface area contributed by atoms with E-state index < -0.39 is 28.5 Å². The smallest absolute Gasteiger partial charge is 0.433 e. The summed E-state index contributed by atoms with van der Waals surface area (Å²) in [5.74, 6) is -1.07. The molecule has 0 aliphatic heterocycles. The van der Waals surface area contributed by atoms with Crippen molar-refractivity contribution in [2.75, 3.05) is 0 Å². The third-order valence-electron chi connectivity index (χ3n) is 4.36. The van der Waals surface area contributed by atoms with Gasteiger partial charge < -0.3 is 14.5 Å². The topological polar surface area (TPSA) is 108 Å². The molecule has 2 aromatic rings. The molecule has 1 N–H and O–H groups in total. The highest BCUT2D eigenvalue weighted by Crippen LogP contribution is 2.30. The molecule has 3 rings (SSSR count). The summed E-state index contributed by atoms with van der Waals surface area (Å²) >= 11 is 0. The average molecular weight is 399 g/mol. The summed E-state index contributed by atoms with van der Waals surface area (Å²) in [7, 11) is 0. The Kier molecular flexibility index (Phi) is 5.52. The number of amides is 1. The highest BCUT2D eigenvalue weighted by atomic mass is 19.4. The van der Waals surface area contributed by atoms with Gasteiger partial charge in [0.05, 0.1) is 11.6 Å². The van der Waals surface area contributed by atoms with E-state index in [9.17, 15) is 28.1 Å². The van der Waals surface area contributed by atoms with Crippen LogP contribution >= 0.6 is 0 Å². The van der Waals surface area contributed by atoms with Crippen LogP contribution in [-0.4, -0.2) is 28.0 Å². The van der Waals surface area contributed by atoms with E-state index in [0.29, 0.717) is 25.7 Å². The third-order valence-corrected chi connectivity index (χ3v) is 4.36. The summed E-state index contributed by atoms with van der Waals surface area (Å²) in [6, 6.07) is 4.28. The molecular formula is C17H16F3N3O5. The number of furan rings is 1. The van der Waals surface area contributed by atoms with Crippen LogP contribution in [0.1, 0.15) is 41.8 Å². The summed E-state index contributed by atoms with van der Waals surface area (Å²) in [4.78, 5) is 25.6. The lowest BCUT2D eigenvalue weighted by molar-refractivity contribution is -0.402. The van der Waals surface area contributed by atoms with E-state index in [1.54, 1.807) is 0 Å². The summed E-state index contributed by atoms with van der Waals surface area (Å²) in [5, 5.41) is 13.3. The van der Waals surface area contributed by atoms with Crippen molar-refractivity contribution in [2.24, 2.45) is 0 Å². The summed E-state index contributed by atoms with van der Waals surface area (Å²) in [6.45, 7) is 0. The monoisotopic (exact) mass is 399 g/mol. The second kappa shape index (κ2) is 7.87. The Bertz CT molecular complexity index is 842. The number of nitro groups is 1. The molecule has 28 heavy (non-hydrogen) atoms. The van der Waals surface area contributed by atoms with Crippen molar-refractivity contribution in [3.05, 3.63) is 51.9 Å². The molecule has 0 unspecified atom stereocenters. The molecule has 0 radical (unpaired) electrons. The number of alkyl halides is 3. The Morgan fingerprint density at radius 2 is 1.93 bits per heavy atom. The van der Waals surface area contributed by atoms with Gasteiger partial charge in [-0.05, 0) is 37.8 Å². The van der Waals surface area contributed by atoms with E-state index >= 15 is 0 Å². The Hall–Kier alpha value is -3.11. The number of nitrogens with one attached hydrogen (secondary N) is 1. The fourth-order valence-corrected chi connectivity index (χ4v) is 2.92. The number of hydrogen-bond donors (Lipinski definition) is 1. The molecule has 0 spiro atoms. The minimum absolute atomic E-state index is 0.114. The quantitative estimate of drug-likeness (QED) is 0.607. The van der Waals surface area contributed by atoms with Crippen molar-refractivity contribution >= 4 is 11.8 Å². The van der Waals surface area contributed by atoms with Gasteiger partial charge in [-0.3, -0.25) is 14.9 Å². The van der Waals surface area contributed by atoms with E-state index in [1.807, 2.05) is 0 Å². The van der Waals surface area contributed by atoms with E-state index in [1.165, 1.54) is 12.1 Å². The lowest BCUT2D eigenvalue weighted by Gasteiger charge is -2.29. The van der Waals surface area contributed by atoms with Gasteiger partial charge in [0.2, 0.25) is 5.88 Å². The molecule has 0 aromatic carbocycles. The number of nitrogens with zero attached hydrogens (tertiary/aromatic N) is 2. The first-order valence-electron chi connectivity index (χ1n) is 8.47. The lowest BCUT2D eigenvalue weighted by Crippen LogP contribution is -2.39. The van der Waals surface area contributed by atoms with Crippen LogP contribution in [0.3, 0.4) is 0 Å². The predicted octanol–water partition coefficient (Wildman–Crippen LogP) is 3.72. The van der Waals surface area contributed by atoms with Crippen molar-refractivity contribution < 1.29 is 32.0 Å². The Morgan fingerprint density at radius 3 is 2.46 bits per heavy atom. The minimum Gasteiger partial charge on any atom is -0.474 e. The first-order chi connectivity index (χ1) is 13.2. The number of pyridine rings is 1. The third kappa shape index (κ3) is 4.78. The number of carbonyl (C=O) groups is 1. The second-order valence-corrected chi connectivity index (χ2v) is 6.34. The van der Waals surface area contributed by atoms with Crippen LogP contribution in [0.4, 0.5) is 19.1 Å². The van der Waals surface area contributed by atoms with Gasteiger partial charge in [0.1, 0.15) is 11.0 Å². The number of ether oxygens (including phenoxy) is 1. The molecule has 1 saturated carbocycles. The number of carbonyl (C=O) groups excluding carboxylic acids is 1. The predicted molar refractivity (Wildman–Crippen MR) is 88.7 cm³/mol. The van der Waals surface area contributed by atoms with Gasteiger partial charge in [0.25, 0.3) is 5.91 Å². The van der Waals surface area contributed by atoms with Crippen LogP contribution in [0.15, 0.2) is 34.9 Å². The maximum absolute atomic E-state index is 12.5. The molecule has 0 saturated heterocycles. The zero-order chi connectivity index (χ0) is 20.3. The molecule has 150 valence electrons. The number of rotatable bonds is 5. The zero-order valence-corrected chi connectivity index (χ0v) is 14.4. The summed E-state index contributed by atoms with van der Waals surface area (Å²) in [5.41, 5.74) is -0.843. The van der Waals surface area contributed by atoms with Crippen LogP contribution in [0.25, 0.3) is 0 Å².